The summed E-state index contributed by atoms with van der Waals surface area (Å²) in [6, 6.07) is 3.34. The van der Waals surface area contributed by atoms with Gasteiger partial charge in [0.25, 0.3) is 5.91 Å². The van der Waals surface area contributed by atoms with Gasteiger partial charge in [0.15, 0.2) is 0 Å². The summed E-state index contributed by atoms with van der Waals surface area (Å²) in [5.74, 6) is 0.0150. The molecule has 0 aliphatic heterocycles. The van der Waals surface area contributed by atoms with E-state index in [1.54, 1.807) is 0 Å². The summed E-state index contributed by atoms with van der Waals surface area (Å²) in [4.78, 5) is 11.9. The Morgan fingerprint density at radius 2 is 1.90 bits per heavy atom. The number of halogens is 3. The molecule has 0 fully saturated rings. The molecule has 1 aromatic carbocycles. The van der Waals surface area contributed by atoms with E-state index in [0.29, 0.717) is 12.5 Å². The fourth-order valence-corrected chi connectivity index (χ4v) is 1.60. The lowest BCUT2D eigenvalue weighted by atomic mass is 9.98. The number of benzene rings is 1. The standard InChI is InChI=1S/C14H19F3N2O/c1-8(2)9(3)7-19-13(20)10-5-4-6-11(12(10)18)14(15,16)17/h4-6,8-9H,7,18H2,1-3H3,(H,19,20). The minimum atomic E-state index is -4.56. The van der Waals surface area contributed by atoms with E-state index in [1.807, 2.05) is 20.8 Å². The van der Waals surface area contributed by atoms with Crippen molar-refractivity contribution >= 4 is 11.6 Å². The summed E-state index contributed by atoms with van der Waals surface area (Å²) < 4.78 is 38.1. The highest BCUT2D eigenvalue weighted by Gasteiger charge is 2.34. The summed E-state index contributed by atoms with van der Waals surface area (Å²) in [5, 5.41) is 2.61. The first-order valence-electron chi connectivity index (χ1n) is 6.38. The van der Waals surface area contributed by atoms with Crippen LogP contribution in [0, 0.1) is 11.8 Å². The molecule has 1 atom stereocenters. The van der Waals surface area contributed by atoms with Crippen LogP contribution in [0.1, 0.15) is 36.7 Å². The Kier molecular flexibility index (Phi) is 5.03. The lowest BCUT2D eigenvalue weighted by Crippen LogP contribution is -2.31. The first-order valence-corrected chi connectivity index (χ1v) is 6.38. The number of hydrogen-bond donors (Lipinski definition) is 2. The van der Waals surface area contributed by atoms with Gasteiger partial charge >= 0.3 is 6.18 Å². The molecule has 0 aliphatic rings. The van der Waals surface area contributed by atoms with Gasteiger partial charge in [0.2, 0.25) is 0 Å². The van der Waals surface area contributed by atoms with E-state index in [9.17, 15) is 18.0 Å². The van der Waals surface area contributed by atoms with Crippen LogP contribution in [-0.4, -0.2) is 12.5 Å². The molecule has 0 saturated heterocycles. The second-order valence-electron chi connectivity index (χ2n) is 5.20. The Labute approximate surface area is 116 Å². The molecule has 20 heavy (non-hydrogen) atoms. The van der Waals surface area contributed by atoms with Crippen LogP contribution in [0.3, 0.4) is 0 Å². The number of para-hydroxylation sites is 1. The van der Waals surface area contributed by atoms with Crippen LogP contribution in [0.25, 0.3) is 0 Å². The lowest BCUT2D eigenvalue weighted by Gasteiger charge is -2.17. The highest BCUT2D eigenvalue weighted by molar-refractivity contribution is 5.99. The molecule has 0 aliphatic carbocycles. The molecular weight excluding hydrogens is 269 g/mol. The number of anilines is 1. The Morgan fingerprint density at radius 3 is 2.40 bits per heavy atom. The maximum atomic E-state index is 12.7. The third kappa shape index (κ3) is 3.88. The topological polar surface area (TPSA) is 55.1 Å². The molecule has 112 valence electrons. The third-order valence-electron chi connectivity index (χ3n) is 3.38. The van der Waals surface area contributed by atoms with Crippen molar-refractivity contribution < 1.29 is 18.0 Å². The molecule has 0 aromatic heterocycles. The molecule has 1 unspecified atom stereocenters. The van der Waals surface area contributed by atoms with Gasteiger partial charge in [-0.25, -0.2) is 0 Å². The largest absolute Gasteiger partial charge is 0.418 e. The molecule has 1 amide bonds. The fraction of sp³-hybridized carbons (Fsp3) is 0.500. The van der Waals surface area contributed by atoms with E-state index >= 15 is 0 Å². The van der Waals surface area contributed by atoms with Gasteiger partial charge in [0.05, 0.1) is 16.8 Å². The maximum Gasteiger partial charge on any atom is 0.418 e. The molecule has 1 rings (SSSR count). The Hall–Kier alpha value is -1.72. The van der Waals surface area contributed by atoms with Gasteiger partial charge in [0.1, 0.15) is 0 Å². The van der Waals surface area contributed by atoms with Crippen LogP contribution in [0.5, 0.6) is 0 Å². The van der Waals surface area contributed by atoms with Crippen molar-refractivity contribution in [1.29, 1.82) is 0 Å². The zero-order chi connectivity index (χ0) is 15.5. The van der Waals surface area contributed by atoms with Crippen molar-refractivity contribution in [3.63, 3.8) is 0 Å². The van der Waals surface area contributed by atoms with Gasteiger partial charge in [0, 0.05) is 6.54 Å². The van der Waals surface area contributed by atoms with Crippen LogP contribution < -0.4 is 11.1 Å². The number of amides is 1. The van der Waals surface area contributed by atoms with Gasteiger partial charge < -0.3 is 11.1 Å². The number of hydrogen-bond acceptors (Lipinski definition) is 2. The van der Waals surface area contributed by atoms with E-state index < -0.39 is 23.3 Å². The molecule has 0 heterocycles. The van der Waals surface area contributed by atoms with Crippen LogP contribution in [0.15, 0.2) is 18.2 Å². The summed E-state index contributed by atoms with van der Waals surface area (Å²) in [5.41, 5.74) is 3.80. The molecule has 3 N–H and O–H groups in total. The number of nitrogen functional groups attached to an aromatic ring is 1. The van der Waals surface area contributed by atoms with E-state index in [-0.39, 0.29) is 11.5 Å². The molecule has 1 aromatic rings. The monoisotopic (exact) mass is 288 g/mol. The molecule has 0 radical (unpaired) electrons. The third-order valence-corrected chi connectivity index (χ3v) is 3.38. The van der Waals surface area contributed by atoms with Crippen molar-refractivity contribution in [3.8, 4) is 0 Å². The second-order valence-corrected chi connectivity index (χ2v) is 5.20. The van der Waals surface area contributed by atoms with Gasteiger partial charge in [-0.1, -0.05) is 26.8 Å². The van der Waals surface area contributed by atoms with Crippen LogP contribution in [0.4, 0.5) is 18.9 Å². The number of carbonyl (C=O) groups excluding carboxylic acids is 1. The molecule has 6 heteroatoms. The first kappa shape index (κ1) is 16.3. The second kappa shape index (κ2) is 6.15. The molecule has 0 bridgehead atoms. The minimum Gasteiger partial charge on any atom is -0.398 e. The van der Waals surface area contributed by atoms with Gasteiger partial charge in [-0.05, 0) is 24.0 Å². The molecule has 0 saturated carbocycles. The van der Waals surface area contributed by atoms with Crippen molar-refractivity contribution in [1.82, 2.24) is 5.32 Å². The Balaban J connectivity index is 2.90. The molecular formula is C14H19F3N2O. The van der Waals surface area contributed by atoms with Crippen molar-refractivity contribution in [2.75, 3.05) is 12.3 Å². The Bertz CT molecular complexity index is 484. The number of nitrogens with two attached hydrogens (primary N) is 1. The van der Waals surface area contributed by atoms with E-state index in [0.717, 1.165) is 6.07 Å². The number of rotatable bonds is 4. The van der Waals surface area contributed by atoms with E-state index in [2.05, 4.69) is 5.32 Å². The SMILES string of the molecule is CC(C)C(C)CNC(=O)c1cccc(C(F)(F)F)c1N. The van der Waals surface area contributed by atoms with Crippen LogP contribution in [-0.2, 0) is 6.18 Å². The highest BCUT2D eigenvalue weighted by Crippen LogP contribution is 2.34. The smallest absolute Gasteiger partial charge is 0.398 e. The highest BCUT2D eigenvalue weighted by atomic mass is 19.4. The van der Waals surface area contributed by atoms with E-state index in [1.165, 1.54) is 12.1 Å². The average Bonchev–Trinajstić information content (AvgIpc) is 2.34. The zero-order valence-corrected chi connectivity index (χ0v) is 11.7. The minimum absolute atomic E-state index is 0.143. The summed E-state index contributed by atoms with van der Waals surface area (Å²) in [7, 11) is 0. The van der Waals surface area contributed by atoms with Crippen molar-refractivity contribution in [2.24, 2.45) is 11.8 Å². The number of nitrogens with one attached hydrogen (secondary N) is 1. The van der Waals surface area contributed by atoms with Gasteiger partial charge in [-0.2, -0.15) is 13.2 Å². The van der Waals surface area contributed by atoms with Crippen molar-refractivity contribution in [2.45, 2.75) is 26.9 Å². The van der Waals surface area contributed by atoms with Crippen molar-refractivity contribution in [3.05, 3.63) is 29.3 Å². The average molecular weight is 288 g/mol. The predicted molar refractivity (Wildman–Crippen MR) is 72.2 cm³/mol. The first-order chi connectivity index (χ1) is 9.14. The molecule has 0 spiro atoms. The fourth-order valence-electron chi connectivity index (χ4n) is 1.60. The quantitative estimate of drug-likeness (QED) is 0.835. The van der Waals surface area contributed by atoms with Crippen LogP contribution in [0.2, 0.25) is 0 Å². The number of alkyl halides is 3. The predicted octanol–water partition coefficient (Wildman–Crippen LogP) is 3.31. The van der Waals surface area contributed by atoms with Gasteiger partial charge in [-0.3, -0.25) is 4.79 Å². The normalized spacial score (nSPS) is 13.3. The number of carbonyl (C=O) groups is 1. The summed E-state index contributed by atoms with van der Waals surface area (Å²) in [6.45, 7) is 6.37. The molecule has 3 nitrogen and oxygen atoms in total. The summed E-state index contributed by atoms with van der Waals surface area (Å²) >= 11 is 0. The van der Waals surface area contributed by atoms with Crippen LogP contribution >= 0.6 is 0 Å². The van der Waals surface area contributed by atoms with Gasteiger partial charge in [-0.15, -0.1) is 0 Å². The maximum absolute atomic E-state index is 12.7. The lowest BCUT2D eigenvalue weighted by molar-refractivity contribution is -0.136. The zero-order valence-electron chi connectivity index (χ0n) is 11.7. The van der Waals surface area contributed by atoms with E-state index in [4.69, 9.17) is 5.73 Å². The Morgan fingerprint density at radius 1 is 1.30 bits per heavy atom. The summed E-state index contributed by atoms with van der Waals surface area (Å²) in [6.07, 6.45) is -4.56.